The van der Waals surface area contributed by atoms with Crippen LogP contribution in [0, 0.1) is 0 Å². The third-order valence-corrected chi connectivity index (χ3v) is 2.83. The zero-order valence-electron chi connectivity index (χ0n) is 8.85. The predicted octanol–water partition coefficient (Wildman–Crippen LogP) is 1.84. The lowest BCUT2D eigenvalue weighted by Crippen LogP contribution is -2.43. The summed E-state index contributed by atoms with van der Waals surface area (Å²) in [6.45, 7) is 2.49. The molecule has 1 aliphatic rings. The molecule has 1 fully saturated rings. The van der Waals surface area contributed by atoms with E-state index in [4.69, 9.17) is 4.74 Å². The molecule has 0 bridgehead atoms. The maximum atomic E-state index is 11.8. The van der Waals surface area contributed by atoms with Gasteiger partial charge in [-0.15, -0.1) is 12.6 Å². The molecule has 1 aromatic rings. The van der Waals surface area contributed by atoms with E-state index in [1.807, 2.05) is 24.3 Å². The Bertz CT molecular complexity index is 378. The summed E-state index contributed by atoms with van der Waals surface area (Å²) in [5.74, 6) is 0. The van der Waals surface area contributed by atoms with Crippen LogP contribution in [-0.4, -0.2) is 37.2 Å². The van der Waals surface area contributed by atoms with E-state index in [0.29, 0.717) is 26.3 Å². The van der Waals surface area contributed by atoms with Crippen molar-refractivity contribution in [2.24, 2.45) is 0 Å². The molecule has 1 N–H and O–H groups in total. The smallest absolute Gasteiger partial charge is 0.322 e. The molecule has 0 saturated carbocycles. The number of morpholine rings is 1. The van der Waals surface area contributed by atoms with Crippen molar-refractivity contribution >= 4 is 24.3 Å². The van der Waals surface area contributed by atoms with Crippen LogP contribution in [0.25, 0.3) is 0 Å². The molecule has 0 unspecified atom stereocenters. The third kappa shape index (κ3) is 2.68. The van der Waals surface area contributed by atoms with Crippen LogP contribution in [0.15, 0.2) is 29.2 Å². The summed E-state index contributed by atoms with van der Waals surface area (Å²) < 4.78 is 5.19. The number of anilines is 1. The molecular formula is C11H14N2O2S. The van der Waals surface area contributed by atoms with Gasteiger partial charge in [-0.2, -0.15) is 0 Å². The summed E-state index contributed by atoms with van der Waals surface area (Å²) in [6.07, 6.45) is 0. The number of benzene rings is 1. The van der Waals surface area contributed by atoms with E-state index >= 15 is 0 Å². The molecule has 2 amide bonds. The summed E-state index contributed by atoms with van der Waals surface area (Å²) in [5, 5.41) is 2.83. The van der Waals surface area contributed by atoms with Crippen LogP contribution in [0.4, 0.5) is 10.5 Å². The monoisotopic (exact) mass is 238 g/mol. The minimum Gasteiger partial charge on any atom is -0.378 e. The van der Waals surface area contributed by atoms with E-state index in [9.17, 15) is 4.79 Å². The SMILES string of the molecule is O=C(Nc1ccccc1S)N1CCOCC1. The predicted molar refractivity (Wildman–Crippen MR) is 65.1 cm³/mol. The number of ether oxygens (including phenoxy) is 1. The quantitative estimate of drug-likeness (QED) is 0.733. The van der Waals surface area contributed by atoms with E-state index in [0.717, 1.165) is 10.6 Å². The number of amides is 2. The van der Waals surface area contributed by atoms with Crippen molar-refractivity contribution in [2.75, 3.05) is 31.6 Å². The maximum absolute atomic E-state index is 11.8. The number of hydrogen-bond acceptors (Lipinski definition) is 3. The molecular weight excluding hydrogens is 224 g/mol. The molecule has 1 saturated heterocycles. The lowest BCUT2D eigenvalue weighted by atomic mass is 10.3. The minimum atomic E-state index is -0.0928. The number of rotatable bonds is 1. The Morgan fingerprint density at radius 3 is 2.69 bits per heavy atom. The number of nitrogens with zero attached hydrogens (tertiary/aromatic N) is 1. The van der Waals surface area contributed by atoms with E-state index in [2.05, 4.69) is 17.9 Å². The second-order valence-corrected chi connectivity index (χ2v) is 4.03. The molecule has 4 nitrogen and oxygen atoms in total. The Morgan fingerprint density at radius 2 is 2.00 bits per heavy atom. The highest BCUT2D eigenvalue weighted by Gasteiger charge is 2.16. The zero-order chi connectivity index (χ0) is 11.4. The topological polar surface area (TPSA) is 41.6 Å². The highest BCUT2D eigenvalue weighted by Crippen LogP contribution is 2.19. The molecule has 0 radical (unpaired) electrons. The minimum absolute atomic E-state index is 0.0928. The molecule has 0 aliphatic carbocycles. The first kappa shape index (κ1) is 11.3. The fourth-order valence-corrected chi connectivity index (χ4v) is 1.76. The van der Waals surface area contributed by atoms with Crippen LogP contribution in [-0.2, 0) is 4.74 Å². The van der Waals surface area contributed by atoms with Gasteiger partial charge in [0.05, 0.1) is 18.9 Å². The summed E-state index contributed by atoms with van der Waals surface area (Å²) in [4.78, 5) is 14.4. The van der Waals surface area contributed by atoms with E-state index in [1.54, 1.807) is 4.90 Å². The highest BCUT2D eigenvalue weighted by molar-refractivity contribution is 7.80. The summed E-state index contributed by atoms with van der Waals surface area (Å²) >= 11 is 4.28. The number of carbonyl (C=O) groups is 1. The zero-order valence-corrected chi connectivity index (χ0v) is 9.74. The van der Waals surface area contributed by atoms with Crippen LogP contribution >= 0.6 is 12.6 Å². The number of nitrogens with one attached hydrogen (secondary N) is 1. The first-order chi connectivity index (χ1) is 7.77. The van der Waals surface area contributed by atoms with Crippen molar-refractivity contribution in [1.29, 1.82) is 0 Å². The van der Waals surface area contributed by atoms with Gasteiger partial charge in [0.2, 0.25) is 0 Å². The van der Waals surface area contributed by atoms with Crippen molar-refractivity contribution in [3.05, 3.63) is 24.3 Å². The molecule has 5 heteroatoms. The summed E-state index contributed by atoms with van der Waals surface area (Å²) in [6, 6.07) is 7.34. The highest BCUT2D eigenvalue weighted by atomic mass is 32.1. The fraction of sp³-hybridized carbons (Fsp3) is 0.364. The van der Waals surface area contributed by atoms with E-state index in [1.165, 1.54) is 0 Å². The first-order valence-corrected chi connectivity index (χ1v) is 5.64. The molecule has 16 heavy (non-hydrogen) atoms. The summed E-state index contributed by atoms with van der Waals surface area (Å²) in [7, 11) is 0. The normalized spacial score (nSPS) is 15.9. The number of hydrogen-bond donors (Lipinski definition) is 2. The second kappa shape index (κ2) is 5.23. The van der Waals surface area contributed by atoms with Gasteiger partial charge < -0.3 is 15.0 Å². The van der Waals surface area contributed by atoms with Crippen molar-refractivity contribution in [3.63, 3.8) is 0 Å². The second-order valence-electron chi connectivity index (χ2n) is 3.55. The average Bonchev–Trinajstić information content (AvgIpc) is 2.33. The molecule has 0 aromatic heterocycles. The number of urea groups is 1. The van der Waals surface area contributed by atoms with Crippen LogP contribution in [0.2, 0.25) is 0 Å². The largest absolute Gasteiger partial charge is 0.378 e. The van der Waals surface area contributed by atoms with E-state index in [-0.39, 0.29) is 6.03 Å². The lowest BCUT2D eigenvalue weighted by Gasteiger charge is -2.27. The molecule has 86 valence electrons. The average molecular weight is 238 g/mol. The van der Waals surface area contributed by atoms with Gasteiger partial charge in [0.15, 0.2) is 0 Å². The third-order valence-electron chi connectivity index (χ3n) is 2.44. The van der Waals surface area contributed by atoms with Crippen LogP contribution < -0.4 is 5.32 Å². The van der Waals surface area contributed by atoms with Gasteiger partial charge in [-0.1, -0.05) is 12.1 Å². The standard InChI is InChI=1S/C11H14N2O2S/c14-11(13-5-7-15-8-6-13)12-9-3-1-2-4-10(9)16/h1-4,16H,5-8H2,(H,12,14). The lowest BCUT2D eigenvalue weighted by molar-refractivity contribution is 0.0564. The van der Waals surface area contributed by atoms with Gasteiger partial charge in [0.1, 0.15) is 0 Å². The molecule has 1 aromatic carbocycles. The molecule has 0 spiro atoms. The van der Waals surface area contributed by atoms with Gasteiger partial charge in [-0.25, -0.2) is 4.79 Å². The number of carbonyl (C=O) groups excluding carboxylic acids is 1. The Labute approximate surface area is 100.0 Å². The molecule has 0 atom stereocenters. The van der Waals surface area contributed by atoms with E-state index < -0.39 is 0 Å². The maximum Gasteiger partial charge on any atom is 0.322 e. The Kier molecular flexibility index (Phi) is 3.69. The van der Waals surface area contributed by atoms with Crippen LogP contribution in [0.3, 0.4) is 0 Å². The van der Waals surface area contributed by atoms with Gasteiger partial charge in [0, 0.05) is 18.0 Å². The van der Waals surface area contributed by atoms with Crippen molar-refractivity contribution in [3.8, 4) is 0 Å². The Morgan fingerprint density at radius 1 is 1.31 bits per heavy atom. The molecule has 1 heterocycles. The van der Waals surface area contributed by atoms with Crippen molar-refractivity contribution in [2.45, 2.75) is 4.90 Å². The van der Waals surface area contributed by atoms with Crippen LogP contribution in [0.5, 0.6) is 0 Å². The van der Waals surface area contributed by atoms with Crippen molar-refractivity contribution < 1.29 is 9.53 Å². The van der Waals surface area contributed by atoms with Crippen LogP contribution in [0.1, 0.15) is 0 Å². The Balaban J connectivity index is 1.99. The van der Waals surface area contributed by atoms with Gasteiger partial charge in [0.25, 0.3) is 0 Å². The van der Waals surface area contributed by atoms with Gasteiger partial charge >= 0.3 is 6.03 Å². The fourth-order valence-electron chi connectivity index (χ4n) is 1.54. The summed E-state index contributed by atoms with van der Waals surface area (Å²) in [5.41, 5.74) is 0.738. The first-order valence-electron chi connectivity index (χ1n) is 5.19. The van der Waals surface area contributed by atoms with Gasteiger partial charge in [-0.3, -0.25) is 0 Å². The molecule has 1 aliphatic heterocycles. The number of thiol groups is 1. The Hall–Kier alpha value is -1.20. The number of para-hydroxylation sites is 1. The van der Waals surface area contributed by atoms with Gasteiger partial charge in [-0.05, 0) is 12.1 Å². The van der Waals surface area contributed by atoms with Crippen molar-refractivity contribution in [1.82, 2.24) is 4.90 Å². The molecule has 2 rings (SSSR count).